The molecule has 25 heteroatoms. The molecule has 3 aliphatic heterocycles. The lowest BCUT2D eigenvalue weighted by Gasteiger charge is -2.38. The zero-order valence-electron chi connectivity index (χ0n) is 51.9. The van der Waals surface area contributed by atoms with Gasteiger partial charge >= 0.3 is 6.03 Å². The Balaban J connectivity index is 0.630. The maximum absolute atomic E-state index is 15.1. The molecule has 0 bridgehead atoms. The first kappa shape index (κ1) is 67.9. The summed E-state index contributed by atoms with van der Waals surface area (Å²) in [5.74, 6) is -1.59. The number of aliphatic imine (C=N–C) groups is 1. The number of pyridine rings is 1. The lowest BCUT2D eigenvalue weighted by Crippen LogP contribution is -2.56. The van der Waals surface area contributed by atoms with Gasteiger partial charge in [-0.1, -0.05) is 65.2 Å². The predicted octanol–water partition coefficient (Wildman–Crippen LogP) is 10.00. The highest BCUT2D eigenvalue weighted by molar-refractivity contribution is 6.31. The molecule has 21 nitrogen and oxygen atoms in total. The molecule has 488 valence electrons. The smallest absolute Gasteiger partial charge is 0.326 e. The van der Waals surface area contributed by atoms with Crippen molar-refractivity contribution < 1.29 is 65.9 Å². The summed E-state index contributed by atoms with van der Waals surface area (Å²) in [6, 6.07) is 29.3. The molecule has 1 aromatic heterocycles. The van der Waals surface area contributed by atoms with Gasteiger partial charge in [0.1, 0.15) is 41.8 Å². The zero-order chi connectivity index (χ0) is 65.4. The number of carbonyl (C=O) groups is 5. The van der Waals surface area contributed by atoms with Gasteiger partial charge < -0.3 is 63.8 Å². The molecule has 5 aromatic carbocycles. The second-order valence-corrected chi connectivity index (χ2v) is 23.2. The van der Waals surface area contributed by atoms with E-state index in [9.17, 15) is 28.0 Å². The first-order valence-electron chi connectivity index (χ1n) is 30.3. The van der Waals surface area contributed by atoms with Crippen molar-refractivity contribution in [1.82, 2.24) is 29.5 Å². The number of carbonyl (C=O) groups excluding carboxylic acids is 5. The van der Waals surface area contributed by atoms with Crippen LogP contribution in [0.4, 0.5) is 25.1 Å². The minimum atomic E-state index is -1.16. The topological polar surface area (TPSA) is 229 Å². The van der Waals surface area contributed by atoms with Crippen LogP contribution in [0, 0.1) is 18.6 Å². The van der Waals surface area contributed by atoms with Crippen molar-refractivity contribution in [3.63, 3.8) is 0 Å². The molecular weight excluding hydrogens is 1230 g/mol. The fourth-order valence-electron chi connectivity index (χ4n) is 10.7. The number of aromatic nitrogens is 1. The van der Waals surface area contributed by atoms with E-state index in [0.717, 1.165) is 28.8 Å². The van der Waals surface area contributed by atoms with Crippen LogP contribution >= 0.6 is 23.2 Å². The van der Waals surface area contributed by atoms with E-state index >= 15 is 4.79 Å². The van der Waals surface area contributed by atoms with Gasteiger partial charge in [0.15, 0.2) is 17.4 Å². The number of amidine groups is 1. The summed E-state index contributed by atoms with van der Waals surface area (Å²) in [4.78, 5) is 86.0. The molecule has 6 aromatic rings. The summed E-state index contributed by atoms with van der Waals surface area (Å²) >= 11 is 12.2. The van der Waals surface area contributed by atoms with Crippen LogP contribution in [0.1, 0.15) is 93.9 Å². The maximum Gasteiger partial charge on any atom is 0.326 e. The van der Waals surface area contributed by atoms with Gasteiger partial charge in [0.05, 0.1) is 100 Å². The fourth-order valence-corrected chi connectivity index (χ4v) is 11.0. The van der Waals surface area contributed by atoms with E-state index in [1.165, 1.54) is 19.2 Å². The van der Waals surface area contributed by atoms with Crippen LogP contribution in [0.3, 0.4) is 0 Å². The monoisotopic (exact) mass is 1310 g/mol. The molecule has 0 spiro atoms. The molecule has 3 atom stereocenters. The SMILES string of the molecule is COc1ccc(C2=N[C@@H](c3ccc(C)cc3)[C@@H](c3ccc(Cl)cc3)N2C(=O)N2CCN(CCOCCOCCOCCOCCC(=O)N3CCN(C(=O)c4ccc(NC(=O)c5cnc(N)c(O[C@H](C)c6c(F)ccc(Cl)c6F)c5)cc4)CC3)C(=O)C2)c(OC(C)C)c1. The van der Waals surface area contributed by atoms with E-state index in [2.05, 4.69) is 10.3 Å². The molecule has 0 radical (unpaired) electrons. The third-order valence-electron chi connectivity index (χ3n) is 15.6. The molecular formula is C67H75Cl2F2N9O12. The Morgan fingerprint density at radius 3 is 1.98 bits per heavy atom. The van der Waals surface area contributed by atoms with Gasteiger partial charge in [0.25, 0.3) is 11.8 Å². The number of nitrogen functional groups attached to an aromatic ring is 1. The van der Waals surface area contributed by atoms with E-state index in [-0.39, 0.29) is 78.2 Å². The van der Waals surface area contributed by atoms with E-state index < -0.39 is 41.3 Å². The molecule has 0 unspecified atom stereocenters. The Bertz CT molecular complexity index is 3580. The van der Waals surface area contributed by atoms with Crippen LogP contribution < -0.4 is 25.3 Å². The number of halogens is 4. The van der Waals surface area contributed by atoms with Crippen molar-refractivity contribution >= 4 is 70.2 Å². The summed E-state index contributed by atoms with van der Waals surface area (Å²) in [6.07, 6.45) is 0.0489. The second kappa shape index (κ2) is 32.2. The Kier molecular flexibility index (Phi) is 23.8. The van der Waals surface area contributed by atoms with E-state index in [1.54, 1.807) is 74.1 Å². The number of anilines is 2. The van der Waals surface area contributed by atoms with Gasteiger partial charge in [-0.15, -0.1) is 0 Å². The number of ether oxygens (including phenoxy) is 7. The molecule has 2 fully saturated rings. The van der Waals surface area contributed by atoms with Gasteiger partial charge in [-0.25, -0.2) is 18.6 Å². The van der Waals surface area contributed by atoms with E-state index in [1.807, 2.05) is 69.3 Å². The van der Waals surface area contributed by atoms with E-state index in [4.69, 9.17) is 67.1 Å². The summed E-state index contributed by atoms with van der Waals surface area (Å²) in [5.41, 5.74) is 9.82. The third kappa shape index (κ3) is 17.4. The van der Waals surface area contributed by atoms with Crippen LogP contribution in [-0.4, -0.2) is 183 Å². The van der Waals surface area contributed by atoms with Gasteiger partial charge in [-0.05, 0) is 106 Å². The van der Waals surface area contributed by atoms with Crippen molar-refractivity contribution in [3.05, 3.63) is 176 Å². The van der Waals surface area contributed by atoms with Crippen molar-refractivity contribution in [2.24, 2.45) is 4.99 Å². The number of benzene rings is 5. The molecule has 4 heterocycles. The highest BCUT2D eigenvalue weighted by Gasteiger charge is 2.46. The van der Waals surface area contributed by atoms with Crippen LogP contribution in [-0.2, 0) is 28.5 Å². The average molecular weight is 1310 g/mol. The second-order valence-electron chi connectivity index (χ2n) is 22.3. The lowest BCUT2D eigenvalue weighted by atomic mass is 9.93. The fraction of sp³-hybridized carbons (Fsp3) is 0.388. The lowest BCUT2D eigenvalue weighted by molar-refractivity contribution is -0.136. The van der Waals surface area contributed by atoms with Crippen LogP contribution in [0.5, 0.6) is 17.2 Å². The minimum Gasteiger partial charge on any atom is -0.497 e. The summed E-state index contributed by atoms with van der Waals surface area (Å²) in [6.45, 7) is 11.9. The Morgan fingerprint density at radius 1 is 0.696 bits per heavy atom. The first-order chi connectivity index (χ1) is 44.4. The number of nitrogens with two attached hydrogens (primary N) is 1. The summed E-state index contributed by atoms with van der Waals surface area (Å²) in [5, 5.41) is 3.00. The van der Waals surface area contributed by atoms with Crippen molar-refractivity contribution in [1.29, 1.82) is 0 Å². The van der Waals surface area contributed by atoms with Crippen LogP contribution in [0.2, 0.25) is 10.0 Å². The maximum atomic E-state index is 15.1. The molecule has 9 rings (SSSR count). The number of piperazine rings is 2. The van der Waals surface area contributed by atoms with Crippen molar-refractivity contribution in [3.8, 4) is 17.2 Å². The number of hydrogen-bond acceptors (Lipinski definition) is 15. The standard InChI is InChI=1S/C67H75Cl2F2N9O12/c1-42(2)91-55-39-51(86-5)18-19-52(55)64-75-61(45-8-6-43(3)7-9-45)62(46-10-14-49(68)15-11-46)80(64)67(85)79-28-25-77(58(82)41-79)29-31-88-33-35-90-37-36-89-34-32-87-30-22-57(81)76-23-26-78(27-24-76)66(84)47-12-16-50(17-13-47)74-65(83)48-38-56(63(72)73-40-48)92-44(4)59-54(70)21-20-53(69)60(59)71/h6-21,38-40,42,44,61-62H,22-37,41H2,1-5H3,(H2,72,73)(H,74,83)/t44-,61+,62-/m1/s1. The van der Waals surface area contributed by atoms with Gasteiger partial charge in [-0.3, -0.25) is 29.1 Å². The normalized spacial score (nSPS) is 16.2. The number of urea groups is 1. The van der Waals surface area contributed by atoms with Gasteiger partial charge in [0.2, 0.25) is 11.8 Å². The predicted molar refractivity (Wildman–Crippen MR) is 343 cm³/mol. The number of nitrogens with zero attached hydrogens (tertiary/aromatic N) is 7. The zero-order valence-corrected chi connectivity index (χ0v) is 53.4. The molecule has 0 saturated carbocycles. The highest BCUT2D eigenvalue weighted by Crippen LogP contribution is 2.46. The first-order valence-corrected chi connectivity index (χ1v) is 31.1. The quantitative estimate of drug-likeness (QED) is 0.0361. The Hall–Kier alpha value is -8.45. The molecule has 3 N–H and O–H groups in total. The number of amides is 6. The molecule has 92 heavy (non-hydrogen) atoms. The largest absolute Gasteiger partial charge is 0.497 e. The Morgan fingerprint density at radius 2 is 1.33 bits per heavy atom. The van der Waals surface area contributed by atoms with Crippen LogP contribution in [0.15, 0.2) is 120 Å². The number of rotatable bonds is 27. The minimum absolute atomic E-state index is 0.0531. The highest BCUT2D eigenvalue weighted by atomic mass is 35.5. The number of hydrogen-bond donors (Lipinski definition) is 2. The van der Waals surface area contributed by atoms with E-state index in [0.29, 0.717) is 125 Å². The summed E-state index contributed by atoms with van der Waals surface area (Å²) < 4.78 is 69.5. The molecule has 3 aliphatic rings. The third-order valence-corrected chi connectivity index (χ3v) is 16.2. The van der Waals surface area contributed by atoms with Crippen LogP contribution in [0.25, 0.3) is 0 Å². The van der Waals surface area contributed by atoms with Gasteiger partial charge in [-0.2, -0.15) is 0 Å². The molecule has 2 saturated heterocycles. The number of nitrogens with one attached hydrogen (secondary N) is 1. The number of methoxy groups -OCH3 is 1. The molecule has 0 aliphatic carbocycles. The van der Waals surface area contributed by atoms with Gasteiger partial charge in [0, 0.05) is 74.3 Å². The average Bonchev–Trinajstić information content (AvgIpc) is 1.59. The summed E-state index contributed by atoms with van der Waals surface area (Å²) in [7, 11) is 1.58. The number of aryl methyl sites for hydroxylation is 1. The Labute approximate surface area is 543 Å². The molecule has 6 amide bonds. The van der Waals surface area contributed by atoms with Crippen molar-refractivity contribution in [2.75, 3.05) is 123 Å². The van der Waals surface area contributed by atoms with Crippen molar-refractivity contribution in [2.45, 2.75) is 58.4 Å².